The van der Waals surface area contributed by atoms with E-state index in [0.29, 0.717) is 22.7 Å². The summed E-state index contributed by atoms with van der Waals surface area (Å²) in [5.74, 6) is 1.38. The van der Waals surface area contributed by atoms with Crippen molar-refractivity contribution >= 4 is 33.0 Å². The first-order chi connectivity index (χ1) is 17.5. The van der Waals surface area contributed by atoms with Crippen LogP contribution in [-0.2, 0) is 0 Å². The van der Waals surface area contributed by atoms with Crippen LogP contribution in [-0.4, -0.2) is 24.5 Å². The smallest absolute Gasteiger partial charge is 0.205 e. The van der Waals surface area contributed by atoms with Crippen molar-refractivity contribution in [1.82, 2.24) is 4.98 Å². The van der Waals surface area contributed by atoms with Gasteiger partial charge in [-0.15, -0.1) is 11.3 Å². The number of aryl methyl sites for hydroxylation is 1. The number of carbonyl (C=O) groups is 1. The lowest BCUT2D eigenvalue weighted by atomic mass is 9.98. The standard InChI is InChI=1S/C30H26N2O3S/c1-4-35-23-15-11-21(12-16-23)28(33)29-27(31)26-24(19-7-5-18(2)6-8-19)17-25(32-30(26)36-29)20-9-13-22(34-3)14-10-20/h5-17H,4,31H2,1-3H3. The van der Waals surface area contributed by atoms with Crippen LogP contribution in [0.4, 0.5) is 5.69 Å². The highest BCUT2D eigenvalue weighted by atomic mass is 32.1. The van der Waals surface area contributed by atoms with Gasteiger partial charge in [0.2, 0.25) is 5.78 Å². The summed E-state index contributed by atoms with van der Waals surface area (Å²) >= 11 is 1.33. The second kappa shape index (κ2) is 9.84. The van der Waals surface area contributed by atoms with Gasteiger partial charge in [-0.2, -0.15) is 0 Å². The molecule has 0 unspecified atom stereocenters. The van der Waals surface area contributed by atoms with Crippen molar-refractivity contribution in [2.24, 2.45) is 0 Å². The number of fused-ring (bicyclic) bond motifs is 1. The summed E-state index contributed by atoms with van der Waals surface area (Å²) in [5.41, 5.74) is 12.6. The molecule has 3 aromatic carbocycles. The molecule has 0 saturated carbocycles. The van der Waals surface area contributed by atoms with Gasteiger partial charge in [-0.25, -0.2) is 4.98 Å². The van der Waals surface area contributed by atoms with Gasteiger partial charge in [0, 0.05) is 16.5 Å². The molecule has 180 valence electrons. The van der Waals surface area contributed by atoms with Crippen molar-refractivity contribution in [2.75, 3.05) is 19.5 Å². The Balaban J connectivity index is 1.67. The normalized spacial score (nSPS) is 11.0. The number of benzene rings is 3. The Morgan fingerprint density at radius 2 is 1.56 bits per heavy atom. The van der Waals surface area contributed by atoms with Crippen molar-refractivity contribution in [2.45, 2.75) is 13.8 Å². The monoisotopic (exact) mass is 494 g/mol. The lowest BCUT2D eigenvalue weighted by molar-refractivity contribution is 0.104. The van der Waals surface area contributed by atoms with Crippen LogP contribution in [0, 0.1) is 6.92 Å². The Hall–Kier alpha value is -4.16. The summed E-state index contributed by atoms with van der Waals surface area (Å²) in [5, 5.41) is 0.801. The van der Waals surface area contributed by atoms with E-state index < -0.39 is 0 Å². The van der Waals surface area contributed by atoms with E-state index in [1.54, 1.807) is 31.4 Å². The number of carbonyl (C=O) groups excluding carboxylic acids is 1. The Labute approximate surface area is 214 Å². The van der Waals surface area contributed by atoms with Gasteiger partial charge in [0.15, 0.2) is 0 Å². The number of hydrogen-bond acceptors (Lipinski definition) is 6. The summed E-state index contributed by atoms with van der Waals surface area (Å²) in [7, 11) is 1.64. The van der Waals surface area contributed by atoms with Crippen LogP contribution in [0.3, 0.4) is 0 Å². The minimum atomic E-state index is -0.126. The third-order valence-electron chi connectivity index (χ3n) is 6.08. The molecule has 0 atom stereocenters. The molecule has 6 heteroatoms. The second-order valence-electron chi connectivity index (χ2n) is 8.46. The van der Waals surface area contributed by atoms with Crippen LogP contribution in [0.2, 0.25) is 0 Å². The summed E-state index contributed by atoms with van der Waals surface area (Å²) in [6.07, 6.45) is 0. The van der Waals surface area contributed by atoms with E-state index in [0.717, 1.165) is 44.1 Å². The maximum absolute atomic E-state index is 13.5. The lowest BCUT2D eigenvalue weighted by Crippen LogP contribution is -2.02. The van der Waals surface area contributed by atoms with Crippen LogP contribution < -0.4 is 15.2 Å². The predicted molar refractivity (Wildman–Crippen MR) is 147 cm³/mol. The number of nitrogens with two attached hydrogens (primary N) is 1. The number of rotatable bonds is 7. The first kappa shape index (κ1) is 23.6. The number of nitrogens with zero attached hydrogens (tertiary/aromatic N) is 1. The van der Waals surface area contributed by atoms with Crippen molar-refractivity contribution in [3.63, 3.8) is 0 Å². The highest BCUT2D eigenvalue weighted by molar-refractivity contribution is 7.21. The molecule has 0 aliphatic carbocycles. The fourth-order valence-electron chi connectivity index (χ4n) is 4.16. The van der Waals surface area contributed by atoms with Crippen LogP contribution in [0.1, 0.15) is 27.7 Å². The van der Waals surface area contributed by atoms with Crippen LogP contribution in [0.15, 0.2) is 78.9 Å². The Kier molecular flexibility index (Phi) is 6.44. The molecule has 0 amide bonds. The third-order valence-corrected chi connectivity index (χ3v) is 7.18. The predicted octanol–water partition coefficient (Wildman–Crippen LogP) is 7.16. The van der Waals surface area contributed by atoms with Crippen LogP contribution >= 0.6 is 11.3 Å². The Morgan fingerprint density at radius 1 is 0.917 bits per heavy atom. The molecule has 0 spiro atoms. The number of hydrogen-bond donors (Lipinski definition) is 1. The minimum Gasteiger partial charge on any atom is -0.497 e. The maximum Gasteiger partial charge on any atom is 0.205 e. The van der Waals surface area contributed by atoms with E-state index in [1.807, 2.05) is 37.3 Å². The van der Waals surface area contributed by atoms with Gasteiger partial charge in [-0.3, -0.25) is 4.79 Å². The average molecular weight is 495 g/mol. The Morgan fingerprint density at radius 3 is 2.19 bits per heavy atom. The second-order valence-corrected chi connectivity index (χ2v) is 9.46. The number of methoxy groups -OCH3 is 1. The molecule has 0 bridgehead atoms. The molecule has 0 aliphatic rings. The molecule has 2 heterocycles. The van der Waals surface area contributed by atoms with Gasteiger partial charge in [-0.1, -0.05) is 29.8 Å². The number of aromatic nitrogens is 1. The first-order valence-electron chi connectivity index (χ1n) is 11.7. The van der Waals surface area contributed by atoms with Gasteiger partial charge in [0.25, 0.3) is 0 Å². The third kappa shape index (κ3) is 4.43. The van der Waals surface area contributed by atoms with Crippen molar-refractivity contribution in [1.29, 1.82) is 0 Å². The molecule has 0 aliphatic heterocycles. The zero-order chi connectivity index (χ0) is 25.2. The minimum absolute atomic E-state index is 0.126. The van der Waals surface area contributed by atoms with Crippen LogP contribution in [0.25, 0.3) is 32.6 Å². The van der Waals surface area contributed by atoms with Crippen molar-refractivity contribution < 1.29 is 14.3 Å². The zero-order valence-electron chi connectivity index (χ0n) is 20.4. The van der Waals surface area contributed by atoms with Crippen molar-refractivity contribution in [3.8, 4) is 33.9 Å². The molecule has 0 fully saturated rings. The van der Waals surface area contributed by atoms with Crippen LogP contribution in [0.5, 0.6) is 11.5 Å². The fourth-order valence-corrected chi connectivity index (χ4v) is 5.24. The summed E-state index contributed by atoms with van der Waals surface area (Å²) in [6.45, 7) is 4.55. The zero-order valence-corrected chi connectivity index (χ0v) is 21.2. The number of ketones is 1. The van der Waals surface area contributed by atoms with E-state index in [1.165, 1.54) is 16.9 Å². The summed E-state index contributed by atoms with van der Waals surface area (Å²) in [6, 6.07) is 25.3. The highest BCUT2D eigenvalue weighted by Crippen LogP contribution is 2.42. The molecule has 36 heavy (non-hydrogen) atoms. The molecule has 2 aromatic heterocycles. The van der Waals surface area contributed by atoms with Gasteiger partial charge < -0.3 is 15.2 Å². The molecule has 2 N–H and O–H groups in total. The first-order valence-corrected chi connectivity index (χ1v) is 12.5. The lowest BCUT2D eigenvalue weighted by Gasteiger charge is -2.10. The maximum atomic E-state index is 13.5. The molecule has 5 nitrogen and oxygen atoms in total. The van der Waals surface area contributed by atoms with Gasteiger partial charge in [0.1, 0.15) is 21.2 Å². The number of thiophene rings is 1. The molecule has 0 radical (unpaired) electrons. The molecule has 0 saturated heterocycles. The molecular weight excluding hydrogens is 468 g/mol. The topological polar surface area (TPSA) is 74.4 Å². The fraction of sp³-hybridized carbons (Fsp3) is 0.133. The highest BCUT2D eigenvalue weighted by Gasteiger charge is 2.22. The Bertz CT molecular complexity index is 1540. The summed E-state index contributed by atoms with van der Waals surface area (Å²) < 4.78 is 10.8. The molecular formula is C30H26N2O3S. The van der Waals surface area contributed by atoms with E-state index in [2.05, 4.69) is 31.2 Å². The molecule has 5 rings (SSSR count). The van der Waals surface area contributed by atoms with Gasteiger partial charge >= 0.3 is 0 Å². The SMILES string of the molecule is CCOc1ccc(C(=O)c2sc3nc(-c4ccc(OC)cc4)cc(-c4ccc(C)cc4)c3c2N)cc1. The quantitative estimate of drug-likeness (QED) is 0.243. The number of ether oxygens (including phenoxy) is 2. The van der Waals surface area contributed by atoms with E-state index in [9.17, 15) is 4.79 Å². The van der Waals surface area contributed by atoms with Gasteiger partial charge in [0.05, 0.1) is 25.1 Å². The number of nitrogen functional groups attached to an aromatic ring is 1. The number of pyridine rings is 1. The molecule has 5 aromatic rings. The largest absolute Gasteiger partial charge is 0.497 e. The summed E-state index contributed by atoms with van der Waals surface area (Å²) in [4.78, 5) is 19.6. The van der Waals surface area contributed by atoms with Crippen molar-refractivity contribution in [3.05, 3.63) is 94.9 Å². The van der Waals surface area contributed by atoms with E-state index in [-0.39, 0.29) is 5.78 Å². The van der Waals surface area contributed by atoms with E-state index >= 15 is 0 Å². The van der Waals surface area contributed by atoms with Gasteiger partial charge in [-0.05, 0) is 79.6 Å². The van der Waals surface area contributed by atoms with E-state index in [4.69, 9.17) is 20.2 Å². The average Bonchev–Trinajstić information content (AvgIpc) is 3.25. The number of anilines is 1.